The van der Waals surface area contributed by atoms with Gasteiger partial charge in [0, 0.05) is 18.2 Å². The molecule has 6 heteroatoms. The Hall–Kier alpha value is -2.89. The number of benzene rings is 1. The highest BCUT2D eigenvalue weighted by Crippen LogP contribution is 2.20. The molecule has 0 unspecified atom stereocenters. The minimum absolute atomic E-state index is 0.0216. The van der Waals surface area contributed by atoms with Crippen molar-refractivity contribution in [3.8, 4) is 5.75 Å². The maximum atomic E-state index is 13.9. The Morgan fingerprint density at radius 1 is 1.35 bits per heavy atom. The van der Waals surface area contributed by atoms with Crippen molar-refractivity contribution >= 4 is 11.6 Å². The first-order valence-corrected chi connectivity index (χ1v) is 7.20. The SMILES string of the molecule is CCOC(=O)c1cc(Cc2ccccc2F)n2cc(O)cc2n1. The summed E-state index contributed by atoms with van der Waals surface area (Å²) in [6.07, 6.45) is 1.74. The van der Waals surface area contributed by atoms with E-state index in [1.165, 1.54) is 18.3 Å². The van der Waals surface area contributed by atoms with Crippen molar-refractivity contribution in [3.05, 3.63) is 65.4 Å². The van der Waals surface area contributed by atoms with E-state index in [0.29, 0.717) is 16.9 Å². The lowest BCUT2D eigenvalue weighted by molar-refractivity contribution is 0.0519. The van der Waals surface area contributed by atoms with E-state index in [1.54, 1.807) is 35.6 Å². The molecule has 0 aliphatic rings. The molecule has 0 radical (unpaired) electrons. The van der Waals surface area contributed by atoms with Crippen LogP contribution in [0.3, 0.4) is 0 Å². The molecule has 0 spiro atoms. The summed E-state index contributed by atoms with van der Waals surface area (Å²) < 4.78 is 20.5. The second-order valence-electron chi connectivity index (χ2n) is 5.05. The lowest BCUT2D eigenvalue weighted by atomic mass is 10.1. The first-order chi connectivity index (χ1) is 11.1. The average Bonchev–Trinajstić information content (AvgIpc) is 2.90. The van der Waals surface area contributed by atoms with Crippen LogP contribution in [0.5, 0.6) is 5.75 Å². The van der Waals surface area contributed by atoms with Gasteiger partial charge in [-0.2, -0.15) is 0 Å². The molecule has 0 saturated heterocycles. The highest BCUT2D eigenvalue weighted by molar-refractivity contribution is 5.88. The largest absolute Gasteiger partial charge is 0.506 e. The van der Waals surface area contributed by atoms with Crippen molar-refractivity contribution in [3.63, 3.8) is 0 Å². The number of halogens is 1. The number of hydrogen-bond donors (Lipinski definition) is 1. The number of aromatic hydroxyl groups is 1. The third-order valence-electron chi connectivity index (χ3n) is 3.45. The fourth-order valence-electron chi connectivity index (χ4n) is 2.42. The van der Waals surface area contributed by atoms with E-state index in [4.69, 9.17) is 4.74 Å². The lowest BCUT2D eigenvalue weighted by Gasteiger charge is -2.09. The van der Waals surface area contributed by atoms with E-state index >= 15 is 0 Å². The summed E-state index contributed by atoms with van der Waals surface area (Å²) in [7, 11) is 0. The third kappa shape index (κ3) is 3.01. The zero-order valence-corrected chi connectivity index (χ0v) is 12.5. The maximum Gasteiger partial charge on any atom is 0.357 e. The molecule has 118 valence electrons. The van der Waals surface area contributed by atoms with Gasteiger partial charge in [-0.3, -0.25) is 0 Å². The van der Waals surface area contributed by atoms with Crippen LogP contribution in [0.25, 0.3) is 5.65 Å². The van der Waals surface area contributed by atoms with Crippen molar-refractivity contribution in [2.75, 3.05) is 6.61 Å². The molecule has 0 aliphatic heterocycles. The molecule has 3 aromatic rings. The van der Waals surface area contributed by atoms with Crippen LogP contribution >= 0.6 is 0 Å². The highest BCUT2D eigenvalue weighted by atomic mass is 19.1. The number of carbonyl (C=O) groups excluding carboxylic acids is 1. The first kappa shape index (κ1) is 15.0. The van der Waals surface area contributed by atoms with Crippen LogP contribution in [0.15, 0.2) is 42.6 Å². The number of hydrogen-bond acceptors (Lipinski definition) is 4. The van der Waals surface area contributed by atoms with Gasteiger partial charge in [-0.1, -0.05) is 18.2 Å². The van der Waals surface area contributed by atoms with Crippen molar-refractivity contribution < 1.29 is 19.0 Å². The Morgan fingerprint density at radius 3 is 2.87 bits per heavy atom. The molecule has 0 fully saturated rings. The van der Waals surface area contributed by atoms with Gasteiger partial charge in [-0.15, -0.1) is 0 Å². The minimum atomic E-state index is -0.550. The van der Waals surface area contributed by atoms with Crippen LogP contribution in [0.2, 0.25) is 0 Å². The summed E-state index contributed by atoms with van der Waals surface area (Å²) in [5, 5.41) is 9.68. The molecule has 0 aliphatic carbocycles. The number of aromatic nitrogens is 2. The Labute approximate surface area is 132 Å². The topological polar surface area (TPSA) is 63.8 Å². The van der Waals surface area contributed by atoms with Gasteiger partial charge in [-0.25, -0.2) is 14.2 Å². The van der Waals surface area contributed by atoms with E-state index in [-0.39, 0.29) is 30.3 Å². The Bertz CT molecular complexity index is 873. The molecule has 5 nitrogen and oxygen atoms in total. The fourth-order valence-corrected chi connectivity index (χ4v) is 2.42. The van der Waals surface area contributed by atoms with Gasteiger partial charge in [0.1, 0.15) is 17.2 Å². The van der Waals surface area contributed by atoms with Crippen LogP contribution in [-0.4, -0.2) is 27.1 Å². The van der Waals surface area contributed by atoms with Crippen LogP contribution in [0.4, 0.5) is 4.39 Å². The molecule has 1 N–H and O–H groups in total. The molecular formula is C17H15FN2O3. The molecular weight excluding hydrogens is 299 g/mol. The zero-order chi connectivity index (χ0) is 16.4. The number of fused-ring (bicyclic) bond motifs is 1. The van der Waals surface area contributed by atoms with Crippen molar-refractivity contribution in [2.24, 2.45) is 0 Å². The van der Waals surface area contributed by atoms with Crippen LogP contribution in [-0.2, 0) is 11.2 Å². The van der Waals surface area contributed by atoms with Gasteiger partial charge < -0.3 is 14.2 Å². The smallest absolute Gasteiger partial charge is 0.357 e. The first-order valence-electron chi connectivity index (χ1n) is 7.20. The fraction of sp³-hybridized carbons (Fsp3) is 0.176. The molecule has 1 aromatic carbocycles. The second-order valence-corrected chi connectivity index (χ2v) is 5.05. The van der Waals surface area contributed by atoms with Crippen molar-refractivity contribution in [2.45, 2.75) is 13.3 Å². The monoisotopic (exact) mass is 314 g/mol. The zero-order valence-electron chi connectivity index (χ0n) is 12.5. The van der Waals surface area contributed by atoms with Crippen LogP contribution in [0.1, 0.15) is 28.7 Å². The summed E-state index contributed by atoms with van der Waals surface area (Å²) in [5.74, 6) is -0.856. The summed E-state index contributed by atoms with van der Waals surface area (Å²) in [6.45, 7) is 1.94. The van der Waals surface area contributed by atoms with Crippen LogP contribution in [0, 0.1) is 5.82 Å². The predicted octanol–water partition coefficient (Wildman–Crippen LogP) is 2.95. The van der Waals surface area contributed by atoms with Gasteiger partial charge in [0.2, 0.25) is 0 Å². The Kier molecular flexibility index (Phi) is 3.97. The van der Waals surface area contributed by atoms with E-state index in [0.717, 1.165) is 0 Å². The molecule has 23 heavy (non-hydrogen) atoms. The Morgan fingerprint density at radius 2 is 2.13 bits per heavy atom. The van der Waals surface area contributed by atoms with Gasteiger partial charge in [0.15, 0.2) is 5.69 Å². The van der Waals surface area contributed by atoms with E-state index in [1.807, 2.05) is 0 Å². The molecule has 0 saturated carbocycles. The lowest BCUT2D eigenvalue weighted by Crippen LogP contribution is -2.10. The number of carbonyl (C=O) groups is 1. The summed E-state index contributed by atoms with van der Waals surface area (Å²) in [4.78, 5) is 16.1. The second kappa shape index (κ2) is 6.08. The van der Waals surface area contributed by atoms with Crippen molar-refractivity contribution in [1.29, 1.82) is 0 Å². The molecule has 3 rings (SSSR count). The molecule has 2 aromatic heterocycles. The minimum Gasteiger partial charge on any atom is -0.506 e. The summed E-state index contributed by atoms with van der Waals surface area (Å²) >= 11 is 0. The van der Waals surface area contributed by atoms with Gasteiger partial charge >= 0.3 is 5.97 Å². The van der Waals surface area contributed by atoms with Crippen molar-refractivity contribution in [1.82, 2.24) is 9.38 Å². The summed E-state index contributed by atoms with van der Waals surface area (Å²) in [5.41, 5.74) is 1.65. The quantitative estimate of drug-likeness (QED) is 0.752. The number of esters is 1. The Balaban J connectivity index is 2.10. The molecule has 0 atom stereocenters. The number of rotatable bonds is 4. The van der Waals surface area contributed by atoms with Gasteiger partial charge in [0.25, 0.3) is 0 Å². The number of ether oxygens (including phenoxy) is 1. The number of nitrogens with zero attached hydrogens (tertiary/aromatic N) is 2. The molecule has 2 heterocycles. The van der Waals surface area contributed by atoms with Gasteiger partial charge in [0.05, 0.1) is 12.8 Å². The standard InChI is InChI=1S/C17H15FN2O3/c1-2-23-17(22)15-8-12(7-11-5-3-4-6-14(11)18)20-10-13(21)9-16(20)19-15/h3-6,8-10,21H,2,7H2,1H3. The van der Waals surface area contributed by atoms with Gasteiger partial charge in [-0.05, 0) is 24.6 Å². The molecule has 0 amide bonds. The predicted molar refractivity (Wildman–Crippen MR) is 82.0 cm³/mol. The van der Waals surface area contributed by atoms with E-state index in [2.05, 4.69) is 4.98 Å². The van der Waals surface area contributed by atoms with Crippen LogP contribution < -0.4 is 0 Å². The normalized spacial score (nSPS) is 10.9. The third-order valence-corrected chi connectivity index (χ3v) is 3.45. The van der Waals surface area contributed by atoms with E-state index < -0.39 is 5.97 Å². The highest BCUT2D eigenvalue weighted by Gasteiger charge is 2.15. The average molecular weight is 314 g/mol. The molecule has 0 bridgehead atoms. The van der Waals surface area contributed by atoms with E-state index in [9.17, 15) is 14.3 Å². The maximum absolute atomic E-state index is 13.9. The summed E-state index contributed by atoms with van der Waals surface area (Å²) in [6, 6.07) is 9.41.